The number of hydrogen-bond acceptors (Lipinski definition) is 6. The summed E-state index contributed by atoms with van der Waals surface area (Å²) in [6, 6.07) is 19.0. The van der Waals surface area contributed by atoms with Gasteiger partial charge in [0.15, 0.2) is 0 Å². The number of nitrogens with one attached hydrogen (secondary N) is 3. The Bertz CT molecular complexity index is 1360. The normalized spacial score (nSPS) is 11.6. The summed E-state index contributed by atoms with van der Waals surface area (Å²) in [4.78, 5) is 38.7. The maximum absolute atomic E-state index is 13.3. The molecule has 37 heavy (non-hydrogen) atoms. The monoisotopic (exact) mass is 525 g/mol. The Morgan fingerprint density at radius 1 is 0.973 bits per heavy atom. The predicted molar refractivity (Wildman–Crippen MR) is 140 cm³/mol. The first kappa shape index (κ1) is 27.0. The fourth-order valence-electron chi connectivity index (χ4n) is 3.44. The maximum Gasteiger partial charge on any atom is 0.330 e. The van der Waals surface area contributed by atoms with Crippen molar-refractivity contribution in [1.82, 2.24) is 10.0 Å². The third-order valence-electron chi connectivity index (χ3n) is 5.30. The van der Waals surface area contributed by atoms with Gasteiger partial charge in [0.2, 0.25) is 11.8 Å². The lowest BCUT2D eigenvalue weighted by molar-refractivity contribution is -0.120. The molecule has 0 aliphatic heterocycles. The Hall–Kier alpha value is -4.58. The molecule has 3 aromatic rings. The van der Waals surface area contributed by atoms with E-state index >= 15 is 0 Å². The molecule has 0 spiro atoms. The lowest BCUT2D eigenvalue weighted by Gasteiger charge is -2.25. The lowest BCUT2D eigenvalue weighted by atomic mass is 10.0. The number of nitrogens with zero attached hydrogens (tertiary/aromatic N) is 1. The predicted octanol–water partition coefficient (Wildman–Crippen LogP) is 2.02. The van der Waals surface area contributed by atoms with E-state index in [-0.39, 0.29) is 17.7 Å². The number of nitrogens with two attached hydrogens (primary N) is 1. The Morgan fingerprint density at radius 3 is 2.27 bits per heavy atom. The molecule has 5 N–H and O–H groups in total. The van der Waals surface area contributed by atoms with Crippen molar-refractivity contribution in [3.63, 3.8) is 0 Å². The highest BCUT2D eigenvalue weighted by Crippen LogP contribution is 2.19. The summed E-state index contributed by atoms with van der Waals surface area (Å²) >= 11 is 0. The highest BCUT2D eigenvalue weighted by atomic mass is 32.2. The molecule has 0 aliphatic rings. The SMILES string of the molecule is COc1ccc(N(C)C(=O)[C@H](Cc2ccccc2)NC(=O)NS(=O)(=O)Nc2cccc(C(N)=O)c2)cc1. The first-order valence-corrected chi connectivity index (χ1v) is 12.5. The molecular weight excluding hydrogens is 498 g/mol. The van der Waals surface area contributed by atoms with Gasteiger partial charge < -0.3 is 20.7 Å². The second-order valence-corrected chi connectivity index (χ2v) is 9.38. The fourth-order valence-corrected chi connectivity index (χ4v) is 4.23. The number of carbonyl (C=O) groups excluding carboxylic acids is 3. The molecule has 0 unspecified atom stereocenters. The number of anilines is 2. The molecule has 0 bridgehead atoms. The summed E-state index contributed by atoms with van der Waals surface area (Å²) in [7, 11) is -1.33. The van der Waals surface area contributed by atoms with Crippen LogP contribution in [0.1, 0.15) is 15.9 Å². The van der Waals surface area contributed by atoms with Crippen LogP contribution in [0.5, 0.6) is 5.75 Å². The highest BCUT2D eigenvalue weighted by molar-refractivity contribution is 7.91. The number of rotatable bonds is 10. The van der Waals surface area contributed by atoms with Crippen LogP contribution in [-0.2, 0) is 21.4 Å². The van der Waals surface area contributed by atoms with Gasteiger partial charge in [-0.25, -0.2) is 9.52 Å². The third kappa shape index (κ3) is 7.70. The summed E-state index contributed by atoms with van der Waals surface area (Å²) in [6.07, 6.45) is 0.113. The van der Waals surface area contributed by atoms with E-state index < -0.39 is 34.1 Å². The molecular formula is C25H27N5O6S. The van der Waals surface area contributed by atoms with Gasteiger partial charge in [0.25, 0.3) is 0 Å². The Morgan fingerprint density at radius 2 is 1.65 bits per heavy atom. The van der Waals surface area contributed by atoms with Gasteiger partial charge in [0, 0.05) is 24.7 Å². The Kier molecular flexibility index (Phi) is 8.69. The van der Waals surface area contributed by atoms with Crippen LogP contribution >= 0.6 is 0 Å². The van der Waals surface area contributed by atoms with E-state index in [4.69, 9.17) is 10.5 Å². The molecule has 11 nitrogen and oxygen atoms in total. The zero-order valence-electron chi connectivity index (χ0n) is 20.2. The minimum atomic E-state index is -4.40. The fraction of sp³-hybridized carbons (Fsp3) is 0.160. The highest BCUT2D eigenvalue weighted by Gasteiger charge is 2.27. The molecule has 194 valence electrons. The molecule has 0 aliphatic carbocycles. The number of hydrogen-bond donors (Lipinski definition) is 4. The first-order chi connectivity index (χ1) is 17.6. The van der Waals surface area contributed by atoms with Gasteiger partial charge in [-0.15, -0.1) is 0 Å². The lowest BCUT2D eigenvalue weighted by Crippen LogP contribution is -2.53. The molecule has 0 fully saturated rings. The van der Waals surface area contributed by atoms with Crippen LogP contribution in [-0.4, -0.2) is 46.5 Å². The quantitative estimate of drug-likeness (QED) is 0.317. The summed E-state index contributed by atoms with van der Waals surface area (Å²) in [5.41, 5.74) is 6.63. The van der Waals surface area contributed by atoms with Gasteiger partial charge in [0.1, 0.15) is 11.8 Å². The van der Waals surface area contributed by atoms with Crippen molar-refractivity contribution in [2.75, 3.05) is 23.8 Å². The molecule has 1 atom stereocenters. The van der Waals surface area contributed by atoms with Crippen molar-refractivity contribution in [1.29, 1.82) is 0 Å². The van der Waals surface area contributed by atoms with Crippen molar-refractivity contribution in [3.8, 4) is 5.75 Å². The number of methoxy groups -OCH3 is 1. The molecule has 4 amide bonds. The van der Waals surface area contributed by atoms with E-state index in [0.29, 0.717) is 11.4 Å². The number of benzene rings is 3. The van der Waals surface area contributed by atoms with Crippen LogP contribution in [0.25, 0.3) is 0 Å². The van der Waals surface area contributed by atoms with Gasteiger partial charge in [-0.05, 0) is 48.0 Å². The smallest absolute Gasteiger partial charge is 0.330 e. The van der Waals surface area contributed by atoms with Gasteiger partial charge >= 0.3 is 16.2 Å². The van der Waals surface area contributed by atoms with Crippen molar-refractivity contribution in [2.24, 2.45) is 5.73 Å². The Balaban J connectivity index is 1.75. The van der Waals surface area contributed by atoms with Crippen molar-refractivity contribution in [2.45, 2.75) is 12.5 Å². The number of carbonyl (C=O) groups is 3. The molecule has 3 rings (SSSR count). The van der Waals surface area contributed by atoms with Gasteiger partial charge in [0.05, 0.1) is 12.8 Å². The van der Waals surface area contributed by atoms with Gasteiger partial charge in [-0.1, -0.05) is 36.4 Å². The average Bonchev–Trinajstić information content (AvgIpc) is 2.87. The largest absolute Gasteiger partial charge is 0.497 e. The van der Waals surface area contributed by atoms with E-state index in [1.165, 1.54) is 36.3 Å². The van der Waals surface area contributed by atoms with Crippen LogP contribution in [0.4, 0.5) is 16.2 Å². The summed E-state index contributed by atoms with van der Waals surface area (Å²) in [5.74, 6) is -0.597. The standard InChI is InChI=1S/C25H27N5O6S/c1-30(20-11-13-21(36-2)14-12-20)24(32)22(15-17-7-4-3-5-8-17)27-25(33)29-37(34,35)28-19-10-6-9-18(16-19)23(26)31/h3-14,16,22,28H,15H2,1-2H3,(H2,26,31)(H2,27,29,33)/t22-/m0/s1. The molecule has 0 aromatic heterocycles. The van der Waals surface area contributed by atoms with E-state index in [9.17, 15) is 22.8 Å². The van der Waals surface area contributed by atoms with Crippen LogP contribution < -0.4 is 30.1 Å². The molecule has 3 aromatic carbocycles. The minimum absolute atomic E-state index is 0.0211. The third-order valence-corrected chi connectivity index (χ3v) is 6.26. The van der Waals surface area contributed by atoms with Gasteiger partial charge in [-0.2, -0.15) is 8.42 Å². The van der Waals surface area contributed by atoms with E-state index in [0.717, 1.165) is 5.56 Å². The van der Waals surface area contributed by atoms with Crippen molar-refractivity contribution in [3.05, 3.63) is 90.0 Å². The van der Waals surface area contributed by atoms with E-state index in [1.807, 2.05) is 10.8 Å². The summed E-state index contributed by atoms with van der Waals surface area (Å²) < 4.78 is 34.1. The number of primary amides is 1. The molecule has 0 heterocycles. The van der Waals surface area contributed by atoms with Crippen molar-refractivity contribution >= 4 is 39.4 Å². The minimum Gasteiger partial charge on any atom is -0.497 e. The molecule has 0 saturated heterocycles. The second kappa shape index (κ2) is 11.9. The Labute approximate surface area is 214 Å². The molecule has 0 radical (unpaired) electrons. The van der Waals surface area contributed by atoms with E-state index in [2.05, 4.69) is 10.0 Å². The second-order valence-electron chi connectivity index (χ2n) is 7.96. The summed E-state index contributed by atoms with van der Waals surface area (Å²) in [5, 5.41) is 2.45. The topological polar surface area (TPSA) is 160 Å². The molecule has 12 heteroatoms. The van der Waals surface area contributed by atoms with Gasteiger partial charge in [-0.3, -0.25) is 14.3 Å². The van der Waals surface area contributed by atoms with Crippen molar-refractivity contribution < 1.29 is 27.5 Å². The first-order valence-electron chi connectivity index (χ1n) is 11.0. The average molecular weight is 526 g/mol. The number of likely N-dealkylation sites (N-methyl/N-ethyl adjacent to an activating group) is 1. The molecule has 0 saturated carbocycles. The van der Waals surface area contributed by atoms with Crippen LogP contribution in [0.3, 0.4) is 0 Å². The maximum atomic E-state index is 13.3. The van der Waals surface area contributed by atoms with Crippen LogP contribution in [0.2, 0.25) is 0 Å². The zero-order chi connectivity index (χ0) is 27.0. The number of ether oxygens (including phenoxy) is 1. The summed E-state index contributed by atoms with van der Waals surface area (Å²) in [6.45, 7) is 0. The zero-order valence-corrected chi connectivity index (χ0v) is 21.0. The van der Waals surface area contributed by atoms with Crippen LogP contribution in [0, 0.1) is 0 Å². The number of amides is 4. The number of urea groups is 1. The van der Waals surface area contributed by atoms with Crippen LogP contribution in [0.15, 0.2) is 78.9 Å². The van der Waals surface area contributed by atoms with E-state index in [1.54, 1.807) is 55.6 Å².